The molecule has 2 aromatic carbocycles. The zero-order valence-electron chi connectivity index (χ0n) is 18.2. The number of nitrogens with zero attached hydrogens (tertiary/aromatic N) is 3. The predicted molar refractivity (Wildman–Crippen MR) is 132 cm³/mol. The van der Waals surface area contributed by atoms with E-state index in [2.05, 4.69) is 20.9 Å². The first kappa shape index (κ1) is 23.4. The predicted octanol–water partition coefficient (Wildman–Crippen LogP) is 5.20. The van der Waals surface area contributed by atoms with Gasteiger partial charge in [-0.3, -0.25) is 9.20 Å². The Morgan fingerprint density at radius 2 is 1.85 bits per heavy atom. The van der Waals surface area contributed by atoms with Crippen LogP contribution in [0.25, 0.3) is 11.7 Å². The molecule has 4 aromatic rings. The van der Waals surface area contributed by atoms with Gasteiger partial charge < -0.3 is 4.74 Å². The molecular weight excluding hydrogens is 518 g/mol. The van der Waals surface area contributed by atoms with Crippen molar-refractivity contribution in [1.29, 1.82) is 5.26 Å². The zero-order chi connectivity index (χ0) is 24.5. The van der Waals surface area contributed by atoms with Crippen LogP contribution in [0.3, 0.4) is 0 Å². The molecule has 0 N–H and O–H groups in total. The van der Waals surface area contributed by atoms with E-state index in [1.165, 1.54) is 22.7 Å². The molecule has 0 bridgehead atoms. The van der Waals surface area contributed by atoms with Crippen molar-refractivity contribution < 1.29 is 13.2 Å². The van der Waals surface area contributed by atoms with E-state index in [1.54, 1.807) is 55.5 Å². The quantitative estimate of drug-likeness (QED) is 0.325. The zero-order valence-corrected chi connectivity index (χ0v) is 20.6. The van der Waals surface area contributed by atoms with E-state index in [4.69, 9.17) is 4.74 Å². The van der Waals surface area contributed by atoms with Crippen LogP contribution in [0.1, 0.15) is 16.7 Å². The van der Waals surface area contributed by atoms with Crippen molar-refractivity contribution in [1.82, 2.24) is 9.38 Å². The van der Waals surface area contributed by atoms with Crippen molar-refractivity contribution in [3.8, 4) is 17.7 Å². The summed E-state index contributed by atoms with van der Waals surface area (Å²) in [4.78, 5) is 17.2. The number of pyridine rings is 1. The maximum atomic E-state index is 13.4. The van der Waals surface area contributed by atoms with Crippen LogP contribution >= 0.6 is 15.9 Å². The Morgan fingerprint density at radius 1 is 1.12 bits per heavy atom. The van der Waals surface area contributed by atoms with Crippen LogP contribution in [-0.2, 0) is 9.84 Å². The Balaban J connectivity index is 1.96. The lowest BCUT2D eigenvalue weighted by Crippen LogP contribution is -2.20. The second kappa shape index (κ2) is 9.25. The van der Waals surface area contributed by atoms with Gasteiger partial charge in [0.25, 0.3) is 5.56 Å². The second-order valence-corrected chi connectivity index (χ2v) is 10.4. The highest BCUT2D eigenvalue weighted by atomic mass is 79.9. The number of rotatable bonds is 5. The highest BCUT2D eigenvalue weighted by Crippen LogP contribution is 2.28. The maximum absolute atomic E-state index is 13.4. The molecule has 0 aliphatic rings. The average molecular weight is 536 g/mol. The fraction of sp³-hybridized carbons (Fsp3) is 0.0800. The molecule has 9 heteroatoms. The fourth-order valence-electron chi connectivity index (χ4n) is 3.33. The van der Waals surface area contributed by atoms with Gasteiger partial charge in [0.05, 0.1) is 4.90 Å². The van der Waals surface area contributed by atoms with Crippen LogP contribution in [0.2, 0.25) is 0 Å². The van der Waals surface area contributed by atoms with E-state index >= 15 is 0 Å². The van der Waals surface area contributed by atoms with Gasteiger partial charge in [-0.25, -0.2) is 8.42 Å². The summed E-state index contributed by atoms with van der Waals surface area (Å²) >= 11 is 3.26. The molecule has 0 atom stereocenters. The second-order valence-electron chi connectivity index (χ2n) is 7.52. The van der Waals surface area contributed by atoms with E-state index in [1.807, 2.05) is 13.0 Å². The Bertz CT molecular complexity index is 1650. The molecule has 0 fully saturated rings. The van der Waals surface area contributed by atoms with Gasteiger partial charge in [-0.05, 0) is 73.5 Å². The minimum atomic E-state index is -4.19. The van der Waals surface area contributed by atoms with Gasteiger partial charge in [0, 0.05) is 10.7 Å². The van der Waals surface area contributed by atoms with Crippen LogP contribution in [0.5, 0.6) is 11.6 Å². The van der Waals surface area contributed by atoms with Crippen LogP contribution in [0.15, 0.2) is 85.9 Å². The SMILES string of the molecule is Cc1cccc(Oc2nc3c(C)cccn3c(=O)c2/C=C(/C#N)S(=O)(=O)c2ccc(Br)cc2)c1. The number of sulfone groups is 1. The lowest BCUT2D eigenvalue weighted by atomic mass is 10.2. The third-order valence-corrected chi connectivity index (χ3v) is 7.26. The standard InChI is InChI=1S/C25H18BrN3O4S/c1-16-5-3-7-19(13-16)33-24-22(25(30)29-12-4-6-17(2)23(29)28-24)14-21(15-27)34(31,32)20-10-8-18(26)9-11-20/h3-14H,1-2H3/b21-14-. The Hall–Kier alpha value is -3.74. The van der Waals surface area contributed by atoms with Crippen LogP contribution in [0, 0.1) is 25.2 Å². The third-order valence-electron chi connectivity index (χ3n) is 5.05. The summed E-state index contributed by atoms with van der Waals surface area (Å²) in [5, 5.41) is 9.73. The molecule has 7 nitrogen and oxygen atoms in total. The van der Waals surface area contributed by atoms with Crippen molar-refractivity contribution >= 4 is 37.5 Å². The van der Waals surface area contributed by atoms with E-state index in [-0.39, 0.29) is 16.3 Å². The maximum Gasteiger partial charge on any atom is 0.269 e. The third kappa shape index (κ3) is 4.51. The van der Waals surface area contributed by atoms with Crippen LogP contribution in [0.4, 0.5) is 0 Å². The molecule has 0 radical (unpaired) electrons. The van der Waals surface area contributed by atoms with E-state index in [9.17, 15) is 18.5 Å². The van der Waals surface area contributed by atoms with E-state index in [0.29, 0.717) is 15.9 Å². The number of allylic oxidation sites excluding steroid dienone is 1. The van der Waals surface area contributed by atoms with Gasteiger partial charge in [-0.15, -0.1) is 0 Å². The minimum absolute atomic E-state index is 0.0747. The molecule has 0 saturated carbocycles. The highest BCUT2D eigenvalue weighted by Gasteiger charge is 2.24. The first-order valence-electron chi connectivity index (χ1n) is 10.1. The van der Waals surface area contributed by atoms with Crippen molar-refractivity contribution in [3.05, 3.63) is 103 Å². The van der Waals surface area contributed by atoms with Gasteiger partial charge in [0.1, 0.15) is 27.9 Å². The number of fused-ring (bicyclic) bond motifs is 1. The smallest absolute Gasteiger partial charge is 0.269 e. The van der Waals surface area contributed by atoms with Gasteiger partial charge in [-0.2, -0.15) is 10.2 Å². The fourth-order valence-corrected chi connectivity index (χ4v) is 4.73. The lowest BCUT2D eigenvalue weighted by Gasteiger charge is -2.12. The van der Waals surface area contributed by atoms with Gasteiger partial charge in [0.2, 0.25) is 15.7 Å². The molecule has 2 heterocycles. The summed E-state index contributed by atoms with van der Waals surface area (Å²) in [7, 11) is -4.19. The van der Waals surface area contributed by atoms with Crippen molar-refractivity contribution in [2.75, 3.05) is 0 Å². The molecule has 2 aromatic heterocycles. The molecule has 4 rings (SSSR count). The molecule has 170 valence electrons. The van der Waals surface area contributed by atoms with E-state index < -0.39 is 20.3 Å². The van der Waals surface area contributed by atoms with Crippen molar-refractivity contribution in [3.63, 3.8) is 0 Å². The number of nitriles is 1. The first-order valence-corrected chi connectivity index (χ1v) is 12.4. The summed E-state index contributed by atoms with van der Waals surface area (Å²) in [5.74, 6) is 0.331. The summed E-state index contributed by atoms with van der Waals surface area (Å²) in [6.07, 6.45) is 2.55. The number of hydrogen-bond donors (Lipinski definition) is 0. The van der Waals surface area contributed by atoms with Crippen molar-refractivity contribution in [2.24, 2.45) is 0 Å². The Labute approximate surface area is 204 Å². The number of benzene rings is 2. The molecule has 0 unspecified atom stereocenters. The number of aryl methyl sites for hydroxylation is 2. The largest absolute Gasteiger partial charge is 0.438 e. The number of hydrogen-bond acceptors (Lipinski definition) is 6. The number of ether oxygens (including phenoxy) is 1. The summed E-state index contributed by atoms with van der Waals surface area (Å²) < 4.78 is 34.2. The Kier molecular flexibility index (Phi) is 6.37. The molecule has 0 saturated heterocycles. The first-order chi connectivity index (χ1) is 16.2. The molecule has 34 heavy (non-hydrogen) atoms. The van der Waals surface area contributed by atoms with E-state index in [0.717, 1.165) is 17.2 Å². The van der Waals surface area contributed by atoms with Crippen LogP contribution < -0.4 is 10.3 Å². The van der Waals surface area contributed by atoms with Gasteiger partial charge >= 0.3 is 0 Å². The molecule has 0 spiro atoms. The monoisotopic (exact) mass is 535 g/mol. The molecule has 0 aliphatic heterocycles. The summed E-state index contributed by atoms with van der Waals surface area (Å²) in [6, 6.07) is 18.2. The average Bonchev–Trinajstić information content (AvgIpc) is 2.80. The summed E-state index contributed by atoms with van der Waals surface area (Å²) in [5.41, 5.74) is 1.31. The minimum Gasteiger partial charge on any atom is -0.438 e. The normalized spacial score (nSPS) is 11.9. The number of aromatic nitrogens is 2. The lowest BCUT2D eigenvalue weighted by molar-refractivity contribution is 0.460. The van der Waals surface area contributed by atoms with Crippen LogP contribution in [-0.4, -0.2) is 17.8 Å². The molecular formula is C25H18BrN3O4S. The molecule has 0 amide bonds. The van der Waals surface area contributed by atoms with Gasteiger partial charge in [-0.1, -0.05) is 34.1 Å². The van der Waals surface area contributed by atoms with Crippen molar-refractivity contribution in [2.45, 2.75) is 18.7 Å². The topological polar surface area (TPSA) is 102 Å². The number of halogens is 1. The highest BCUT2D eigenvalue weighted by molar-refractivity contribution is 9.10. The molecule has 0 aliphatic carbocycles. The summed E-state index contributed by atoms with van der Waals surface area (Å²) in [6.45, 7) is 3.69. The Morgan fingerprint density at radius 3 is 2.53 bits per heavy atom. The van der Waals surface area contributed by atoms with Gasteiger partial charge in [0.15, 0.2) is 0 Å².